The Hall–Kier alpha value is -1.75. The Morgan fingerprint density at radius 2 is 2.23 bits per heavy atom. The summed E-state index contributed by atoms with van der Waals surface area (Å²) in [4.78, 5) is 12.3. The first-order valence-corrected chi connectivity index (χ1v) is 7.86. The van der Waals surface area contributed by atoms with Crippen LogP contribution >= 0.6 is 0 Å². The van der Waals surface area contributed by atoms with Gasteiger partial charge in [0.05, 0.1) is 19.9 Å². The average molecular weight is 306 g/mol. The highest BCUT2D eigenvalue weighted by Gasteiger charge is 2.22. The molecule has 1 heterocycles. The Bertz CT molecular complexity index is 499. The number of piperidine rings is 1. The first-order chi connectivity index (χ1) is 10.6. The highest BCUT2D eigenvalue weighted by atomic mass is 16.5. The van der Waals surface area contributed by atoms with Crippen LogP contribution < -0.4 is 20.1 Å². The molecule has 2 N–H and O–H groups in total. The molecule has 0 radical (unpaired) electrons. The molecule has 5 nitrogen and oxygen atoms in total. The maximum absolute atomic E-state index is 12.3. The van der Waals surface area contributed by atoms with E-state index in [1.54, 1.807) is 26.4 Å². The minimum absolute atomic E-state index is 0.0182. The second kappa shape index (κ2) is 8.03. The molecule has 0 spiro atoms. The van der Waals surface area contributed by atoms with Crippen LogP contribution in [0.5, 0.6) is 11.5 Å². The van der Waals surface area contributed by atoms with E-state index in [1.165, 1.54) is 12.8 Å². The van der Waals surface area contributed by atoms with Crippen molar-refractivity contribution in [2.45, 2.75) is 26.2 Å². The van der Waals surface area contributed by atoms with Crippen molar-refractivity contribution in [3.05, 3.63) is 18.2 Å². The summed E-state index contributed by atoms with van der Waals surface area (Å²) in [6.45, 7) is 4.26. The van der Waals surface area contributed by atoms with E-state index < -0.39 is 0 Å². The van der Waals surface area contributed by atoms with Gasteiger partial charge in [0, 0.05) is 12.5 Å². The molecular formula is C17H26N2O3. The number of carbonyl (C=O) groups is 1. The van der Waals surface area contributed by atoms with Crippen LogP contribution in [-0.4, -0.2) is 33.2 Å². The Morgan fingerprint density at radius 3 is 2.86 bits per heavy atom. The van der Waals surface area contributed by atoms with Gasteiger partial charge in [-0.25, -0.2) is 0 Å². The molecule has 2 atom stereocenters. The number of hydrogen-bond donors (Lipinski definition) is 2. The summed E-state index contributed by atoms with van der Waals surface area (Å²) in [5.41, 5.74) is 0.654. The molecule has 5 heteroatoms. The number of rotatable bonds is 6. The third-order valence-electron chi connectivity index (χ3n) is 4.33. The zero-order valence-electron chi connectivity index (χ0n) is 13.6. The van der Waals surface area contributed by atoms with Crippen molar-refractivity contribution in [3.63, 3.8) is 0 Å². The summed E-state index contributed by atoms with van der Waals surface area (Å²) in [7, 11) is 3.19. The number of amides is 1. The standard InChI is InChI=1S/C17H26N2O3/c1-12(13-5-4-8-18-11-13)9-17(20)19-15-10-14(21-2)6-7-16(15)22-3/h6-7,10,12-13,18H,4-5,8-9,11H2,1-3H3,(H,19,20)/t12-,13-/m0/s1. The summed E-state index contributed by atoms with van der Waals surface area (Å²) in [6.07, 6.45) is 2.91. The zero-order chi connectivity index (χ0) is 15.9. The summed E-state index contributed by atoms with van der Waals surface area (Å²) < 4.78 is 10.5. The molecule has 2 rings (SSSR count). The Labute approximate surface area is 132 Å². The normalized spacial score (nSPS) is 19.3. The van der Waals surface area contributed by atoms with E-state index in [1.807, 2.05) is 6.07 Å². The second-order valence-corrected chi connectivity index (χ2v) is 5.90. The molecule has 1 aliphatic heterocycles. The topological polar surface area (TPSA) is 59.6 Å². The van der Waals surface area contributed by atoms with Crippen LogP contribution in [0.25, 0.3) is 0 Å². The van der Waals surface area contributed by atoms with Gasteiger partial charge in [-0.1, -0.05) is 6.92 Å². The van der Waals surface area contributed by atoms with Crippen molar-refractivity contribution in [1.29, 1.82) is 0 Å². The van der Waals surface area contributed by atoms with Gasteiger partial charge in [0.15, 0.2) is 0 Å². The van der Waals surface area contributed by atoms with Gasteiger partial charge >= 0.3 is 0 Å². The van der Waals surface area contributed by atoms with E-state index in [0.29, 0.717) is 35.4 Å². The molecule has 1 aromatic carbocycles. The predicted molar refractivity (Wildman–Crippen MR) is 87.6 cm³/mol. The highest BCUT2D eigenvalue weighted by molar-refractivity contribution is 5.92. The van der Waals surface area contributed by atoms with E-state index in [9.17, 15) is 4.79 Å². The molecular weight excluding hydrogens is 280 g/mol. The van der Waals surface area contributed by atoms with Crippen LogP contribution in [0.15, 0.2) is 18.2 Å². The minimum Gasteiger partial charge on any atom is -0.497 e. The summed E-state index contributed by atoms with van der Waals surface area (Å²) in [5.74, 6) is 2.29. The SMILES string of the molecule is COc1ccc(OC)c(NC(=O)C[C@H](C)[C@H]2CCCNC2)c1. The number of carbonyl (C=O) groups excluding carboxylic acids is 1. The van der Waals surface area contributed by atoms with Gasteiger partial charge in [-0.05, 0) is 49.9 Å². The third-order valence-corrected chi connectivity index (χ3v) is 4.33. The van der Waals surface area contributed by atoms with Crippen molar-refractivity contribution >= 4 is 11.6 Å². The van der Waals surface area contributed by atoms with Crippen LogP contribution in [0, 0.1) is 11.8 Å². The van der Waals surface area contributed by atoms with Gasteiger partial charge in [-0.3, -0.25) is 4.79 Å². The van der Waals surface area contributed by atoms with Crippen molar-refractivity contribution in [1.82, 2.24) is 5.32 Å². The van der Waals surface area contributed by atoms with E-state index in [0.717, 1.165) is 13.1 Å². The lowest BCUT2D eigenvalue weighted by atomic mass is 9.85. The molecule has 1 fully saturated rings. The highest BCUT2D eigenvalue weighted by Crippen LogP contribution is 2.30. The van der Waals surface area contributed by atoms with Gasteiger partial charge in [-0.2, -0.15) is 0 Å². The molecule has 1 saturated heterocycles. The molecule has 22 heavy (non-hydrogen) atoms. The quantitative estimate of drug-likeness (QED) is 0.848. The molecule has 0 bridgehead atoms. The third kappa shape index (κ3) is 4.37. The van der Waals surface area contributed by atoms with Gasteiger partial charge in [0.1, 0.15) is 11.5 Å². The largest absolute Gasteiger partial charge is 0.497 e. The van der Waals surface area contributed by atoms with Crippen LogP contribution in [-0.2, 0) is 4.79 Å². The lowest BCUT2D eigenvalue weighted by Gasteiger charge is -2.28. The molecule has 122 valence electrons. The number of nitrogens with one attached hydrogen (secondary N) is 2. The maximum atomic E-state index is 12.3. The number of benzene rings is 1. The Kier molecular flexibility index (Phi) is 6.07. The molecule has 1 aliphatic rings. The molecule has 0 aliphatic carbocycles. The molecule has 1 aromatic rings. The lowest BCUT2D eigenvalue weighted by Crippen LogP contribution is -2.34. The lowest BCUT2D eigenvalue weighted by molar-refractivity contribution is -0.117. The maximum Gasteiger partial charge on any atom is 0.224 e. The molecule has 1 amide bonds. The van der Waals surface area contributed by atoms with Gasteiger partial charge in [0.2, 0.25) is 5.91 Å². The molecule has 0 unspecified atom stereocenters. The molecule has 0 aromatic heterocycles. The van der Waals surface area contributed by atoms with E-state index in [4.69, 9.17) is 9.47 Å². The fourth-order valence-corrected chi connectivity index (χ4v) is 2.94. The van der Waals surface area contributed by atoms with E-state index in [-0.39, 0.29) is 5.91 Å². The number of hydrogen-bond acceptors (Lipinski definition) is 4. The average Bonchev–Trinajstić information content (AvgIpc) is 2.55. The minimum atomic E-state index is 0.0182. The smallest absolute Gasteiger partial charge is 0.224 e. The first-order valence-electron chi connectivity index (χ1n) is 7.86. The molecule has 0 saturated carbocycles. The summed E-state index contributed by atoms with van der Waals surface area (Å²) in [6, 6.07) is 5.39. The van der Waals surface area contributed by atoms with Crippen LogP contribution in [0.2, 0.25) is 0 Å². The second-order valence-electron chi connectivity index (χ2n) is 5.90. The zero-order valence-corrected chi connectivity index (χ0v) is 13.6. The Morgan fingerprint density at radius 1 is 1.41 bits per heavy atom. The fraction of sp³-hybridized carbons (Fsp3) is 0.588. The fourth-order valence-electron chi connectivity index (χ4n) is 2.94. The van der Waals surface area contributed by atoms with Crippen molar-refractivity contribution in [2.75, 3.05) is 32.6 Å². The number of anilines is 1. The van der Waals surface area contributed by atoms with Gasteiger partial charge in [0.25, 0.3) is 0 Å². The van der Waals surface area contributed by atoms with Gasteiger partial charge in [-0.15, -0.1) is 0 Å². The van der Waals surface area contributed by atoms with Crippen LogP contribution in [0.3, 0.4) is 0 Å². The predicted octanol–water partition coefficient (Wildman–Crippen LogP) is 2.67. The number of methoxy groups -OCH3 is 2. The monoisotopic (exact) mass is 306 g/mol. The Balaban J connectivity index is 1.96. The first kappa shape index (κ1) is 16.6. The van der Waals surface area contributed by atoms with E-state index >= 15 is 0 Å². The van der Waals surface area contributed by atoms with Crippen molar-refractivity contribution in [2.24, 2.45) is 11.8 Å². The van der Waals surface area contributed by atoms with Crippen LogP contribution in [0.4, 0.5) is 5.69 Å². The van der Waals surface area contributed by atoms with Crippen molar-refractivity contribution < 1.29 is 14.3 Å². The van der Waals surface area contributed by atoms with Crippen molar-refractivity contribution in [3.8, 4) is 11.5 Å². The van der Waals surface area contributed by atoms with Crippen LogP contribution in [0.1, 0.15) is 26.2 Å². The number of ether oxygens (including phenoxy) is 2. The van der Waals surface area contributed by atoms with Gasteiger partial charge < -0.3 is 20.1 Å². The summed E-state index contributed by atoms with van der Waals surface area (Å²) in [5, 5.41) is 6.35. The summed E-state index contributed by atoms with van der Waals surface area (Å²) >= 11 is 0. The van der Waals surface area contributed by atoms with E-state index in [2.05, 4.69) is 17.6 Å².